The minimum Gasteiger partial charge on any atom is -1.00 e. The second-order valence-electron chi connectivity index (χ2n) is 1.11. The summed E-state index contributed by atoms with van der Waals surface area (Å²) in [6.07, 6.45) is 1.10. The Balaban J connectivity index is 0. The van der Waals surface area contributed by atoms with E-state index < -0.39 is 0 Å². The first-order chi connectivity index (χ1) is 2.91. The van der Waals surface area contributed by atoms with Gasteiger partial charge in [0.1, 0.15) is 6.61 Å². The van der Waals surface area contributed by atoms with Crippen molar-refractivity contribution in [3.8, 4) is 0 Å². The van der Waals surface area contributed by atoms with Crippen LogP contribution in [0.15, 0.2) is 0 Å². The normalized spacial score (nSPS) is 7.71. The summed E-state index contributed by atoms with van der Waals surface area (Å²) in [5.74, 6) is 0. The van der Waals surface area contributed by atoms with Crippen LogP contribution < -0.4 is 17.9 Å². The van der Waals surface area contributed by atoms with Crippen molar-refractivity contribution in [1.82, 2.24) is 0 Å². The largest absolute Gasteiger partial charge is 1.00 e. The molecule has 0 aliphatic heterocycles. The maximum absolute atomic E-state index is 4.86. The van der Waals surface area contributed by atoms with Crippen LogP contribution >= 0.6 is 0 Å². The molecule has 0 unspecified atom stereocenters. The van der Waals surface area contributed by atoms with Crippen LogP contribution in [0.2, 0.25) is 0 Å². The molecule has 46 valence electrons. The van der Waals surface area contributed by atoms with E-state index in [1.54, 1.807) is 5.48 Å². The molecular weight excluding hydrogens is 114 g/mol. The Morgan fingerprint density at radius 1 is 1.57 bits per heavy atom. The van der Waals surface area contributed by atoms with Crippen LogP contribution in [0.25, 0.3) is 0 Å². The molecule has 0 heterocycles. The van der Waals surface area contributed by atoms with Gasteiger partial charge in [-0.1, -0.05) is 6.92 Å². The van der Waals surface area contributed by atoms with Gasteiger partial charge in [0.25, 0.3) is 0 Å². The quantitative estimate of drug-likeness (QED) is 0.308. The minimum absolute atomic E-state index is 0. The van der Waals surface area contributed by atoms with Crippen LogP contribution in [0, 0.1) is 0 Å². The molecule has 7 heavy (non-hydrogen) atoms. The molecule has 0 spiro atoms. The number of nitrogens with two attached hydrogens (primary N) is 1. The lowest BCUT2D eigenvalue weighted by Gasteiger charge is -1.88. The Labute approximate surface area is 50.6 Å². The van der Waals surface area contributed by atoms with E-state index in [1.165, 1.54) is 0 Å². The number of hydrogen-bond acceptors (Lipinski definition) is 1. The zero-order valence-electron chi connectivity index (χ0n) is 4.78. The number of rotatable bonds is 3. The summed E-state index contributed by atoms with van der Waals surface area (Å²) in [7, 11) is 1.88. The van der Waals surface area contributed by atoms with E-state index in [2.05, 4.69) is 6.92 Å². The molecule has 0 aromatic rings. The van der Waals surface area contributed by atoms with Crippen molar-refractivity contribution in [3.05, 3.63) is 0 Å². The van der Waals surface area contributed by atoms with Gasteiger partial charge in [0.05, 0.1) is 7.05 Å². The Kier molecular flexibility index (Phi) is 13.9. The van der Waals surface area contributed by atoms with Crippen molar-refractivity contribution in [2.24, 2.45) is 0 Å². The zero-order chi connectivity index (χ0) is 4.83. The second kappa shape index (κ2) is 9.51. The van der Waals surface area contributed by atoms with Crippen LogP contribution in [0.5, 0.6) is 0 Å². The summed E-state index contributed by atoms with van der Waals surface area (Å²) in [6.45, 7) is 2.94. The molecule has 0 amide bonds. The van der Waals surface area contributed by atoms with Gasteiger partial charge in [-0.05, 0) is 6.42 Å². The molecule has 0 fully saturated rings. The molecule has 0 radical (unpaired) electrons. The fraction of sp³-hybridized carbons (Fsp3) is 1.00. The maximum atomic E-state index is 4.86. The molecule has 0 saturated carbocycles. The first-order valence-electron chi connectivity index (χ1n) is 2.31. The van der Waals surface area contributed by atoms with E-state index in [1.807, 2.05) is 7.05 Å². The average molecular weight is 126 g/mol. The van der Waals surface area contributed by atoms with Crippen molar-refractivity contribution in [2.75, 3.05) is 13.7 Å². The maximum Gasteiger partial charge on any atom is 0.106 e. The second-order valence-corrected chi connectivity index (χ2v) is 1.11. The molecule has 0 aliphatic carbocycles. The van der Waals surface area contributed by atoms with Crippen molar-refractivity contribution < 1.29 is 22.7 Å². The number of hydroxylamine groups is 1. The van der Waals surface area contributed by atoms with Gasteiger partial charge in [-0.2, -0.15) is 0 Å². The third kappa shape index (κ3) is 10.7. The van der Waals surface area contributed by atoms with E-state index in [4.69, 9.17) is 4.84 Å². The minimum atomic E-state index is 0. The van der Waals surface area contributed by atoms with Gasteiger partial charge >= 0.3 is 0 Å². The van der Waals surface area contributed by atoms with E-state index >= 15 is 0 Å². The molecule has 2 nitrogen and oxygen atoms in total. The standard InChI is InChI=1S/C4H11NO.ClH/c1-3-4-6-5-2;/h5H,3-4H2,1-2H3;1H. The third-order valence-corrected chi connectivity index (χ3v) is 0.489. The highest BCUT2D eigenvalue weighted by Crippen LogP contribution is 1.67. The summed E-state index contributed by atoms with van der Waals surface area (Å²) in [6, 6.07) is 0. The number of hydrogen-bond donors (Lipinski definition) is 1. The van der Waals surface area contributed by atoms with Gasteiger partial charge in [-0.25, -0.2) is 10.3 Å². The molecule has 0 aliphatic rings. The monoisotopic (exact) mass is 125 g/mol. The van der Waals surface area contributed by atoms with Crippen LogP contribution in [0.1, 0.15) is 13.3 Å². The van der Waals surface area contributed by atoms with Crippen molar-refractivity contribution in [1.29, 1.82) is 0 Å². The molecule has 0 aromatic carbocycles. The summed E-state index contributed by atoms with van der Waals surface area (Å²) in [5, 5.41) is 0. The lowest BCUT2D eigenvalue weighted by atomic mass is 10.5. The summed E-state index contributed by atoms with van der Waals surface area (Å²) >= 11 is 0. The topological polar surface area (TPSA) is 25.8 Å². The molecular formula is C4H12ClNO. The highest BCUT2D eigenvalue weighted by atomic mass is 35.5. The van der Waals surface area contributed by atoms with Crippen molar-refractivity contribution in [2.45, 2.75) is 13.3 Å². The van der Waals surface area contributed by atoms with Gasteiger partial charge in [0, 0.05) is 0 Å². The SMILES string of the molecule is CCCO[NH2+]C.[Cl-]. The Hall–Kier alpha value is 0.210. The van der Waals surface area contributed by atoms with E-state index in [0.717, 1.165) is 13.0 Å². The lowest BCUT2D eigenvalue weighted by Crippen LogP contribution is -3.00. The van der Waals surface area contributed by atoms with Crippen LogP contribution in [-0.2, 0) is 4.84 Å². The smallest absolute Gasteiger partial charge is 0.106 e. The highest BCUT2D eigenvalue weighted by molar-refractivity contribution is 4.12. The fourth-order valence-corrected chi connectivity index (χ4v) is 0.236. The highest BCUT2D eigenvalue weighted by Gasteiger charge is 1.75. The summed E-state index contributed by atoms with van der Waals surface area (Å²) < 4.78 is 0. The summed E-state index contributed by atoms with van der Waals surface area (Å²) in [5.41, 5.74) is 1.71. The predicted octanol–water partition coefficient (Wildman–Crippen LogP) is -3.47. The molecule has 0 rings (SSSR count). The van der Waals surface area contributed by atoms with Crippen molar-refractivity contribution in [3.63, 3.8) is 0 Å². The van der Waals surface area contributed by atoms with Crippen molar-refractivity contribution >= 4 is 0 Å². The van der Waals surface area contributed by atoms with E-state index in [-0.39, 0.29) is 12.4 Å². The molecule has 3 heteroatoms. The van der Waals surface area contributed by atoms with Crippen LogP contribution in [0.3, 0.4) is 0 Å². The third-order valence-electron chi connectivity index (χ3n) is 0.489. The van der Waals surface area contributed by atoms with Crippen LogP contribution in [-0.4, -0.2) is 13.7 Å². The first-order valence-corrected chi connectivity index (χ1v) is 2.31. The van der Waals surface area contributed by atoms with Crippen LogP contribution in [0.4, 0.5) is 0 Å². The summed E-state index contributed by atoms with van der Waals surface area (Å²) in [4.78, 5) is 4.86. The zero-order valence-corrected chi connectivity index (χ0v) is 5.53. The number of halogens is 1. The average Bonchev–Trinajstić information content (AvgIpc) is 1.61. The first kappa shape index (κ1) is 10.2. The van der Waals surface area contributed by atoms with E-state index in [9.17, 15) is 0 Å². The molecule has 0 aromatic heterocycles. The predicted molar refractivity (Wildman–Crippen MR) is 24.1 cm³/mol. The Morgan fingerprint density at radius 3 is 2.29 bits per heavy atom. The van der Waals surface area contributed by atoms with E-state index in [0.29, 0.717) is 0 Å². The number of quaternary nitrogens is 1. The Bertz CT molecular complexity index is 23.7. The Morgan fingerprint density at radius 2 is 2.14 bits per heavy atom. The fourth-order valence-electron chi connectivity index (χ4n) is 0.236. The molecule has 2 N–H and O–H groups in total. The molecule has 0 bridgehead atoms. The van der Waals surface area contributed by atoms with Gasteiger partial charge in [0.15, 0.2) is 0 Å². The molecule has 0 atom stereocenters. The van der Waals surface area contributed by atoms with Gasteiger partial charge in [-0.3, -0.25) is 0 Å². The van der Waals surface area contributed by atoms with Gasteiger partial charge in [0.2, 0.25) is 0 Å². The molecule has 0 saturated heterocycles. The lowest BCUT2D eigenvalue weighted by molar-refractivity contribution is -0.877. The van der Waals surface area contributed by atoms with Gasteiger partial charge in [-0.15, -0.1) is 0 Å². The van der Waals surface area contributed by atoms with Gasteiger partial charge < -0.3 is 12.4 Å².